The van der Waals surface area contributed by atoms with Crippen molar-refractivity contribution in [3.05, 3.63) is 70.8 Å². The summed E-state index contributed by atoms with van der Waals surface area (Å²) >= 11 is 0. The molecule has 4 rings (SSSR count). The van der Waals surface area contributed by atoms with Crippen LogP contribution in [0.1, 0.15) is 18.9 Å². The lowest BCUT2D eigenvalue weighted by Crippen LogP contribution is -2.40. The van der Waals surface area contributed by atoms with Gasteiger partial charge in [0.2, 0.25) is 10.0 Å². The molecule has 0 saturated carbocycles. The predicted octanol–water partition coefficient (Wildman–Crippen LogP) is 2.70. The molecule has 6 nitrogen and oxygen atoms in total. The van der Waals surface area contributed by atoms with E-state index in [9.17, 15) is 22.0 Å². The number of hydrogen-bond donors (Lipinski definition) is 0. The summed E-state index contributed by atoms with van der Waals surface area (Å²) in [7, 11) is -3.80. The average Bonchev–Trinajstić information content (AvgIpc) is 2.69. The third-order valence-electron chi connectivity index (χ3n) is 5.00. The van der Waals surface area contributed by atoms with Crippen LogP contribution in [0.25, 0.3) is 10.9 Å². The molecule has 0 N–H and O–H groups in total. The summed E-state index contributed by atoms with van der Waals surface area (Å²) in [6.07, 6.45) is 2.22. The van der Waals surface area contributed by atoms with Crippen molar-refractivity contribution in [3.63, 3.8) is 0 Å². The maximum atomic E-state index is 13.5. The molecule has 0 radical (unpaired) electrons. The number of rotatable bonds is 3. The maximum Gasteiger partial charge on any atom is 0.261 e. The molecule has 146 valence electrons. The Balaban J connectivity index is 1.57. The van der Waals surface area contributed by atoms with Gasteiger partial charge in [0.1, 0.15) is 11.6 Å². The first-order valence-corrected chi connectivity index (χ1v) is 10.2. The second kappa shape index (κ2) is 7.06. The number of hydrogen-bond acceptors (Lipinski definition) is 4. The van der Waals surface area contributed by atoms with Crippen molar-refractivity contribution in [2.75, 3.05) is 13.1 Å². The molecule has 2 aromatic carbocycles. The lowest BCUT2D eigenvalue weighted by Gasteiger charge is -2.32. The molecule has 0 spiro atoms. The van der Waals surface area contributed by atoms with Crippen LogP contribution in [0.4, 0.5) is 8.78 Å². The summed E-state index contributed by atoms with van der Waals surface area (Å²) in [6, 6.07) is 8.50. The molecule has 1 fully saturated rings. The molecule has 3 aromatic rings. The molecule has 0 amide bonds. The highest BCUT2D eigenvalue weighted by Gasteiger charge is 2.30. The number of halogens is 2. The Morgan fingerprint density at radius 3 is 2.43 bits per heavy atom. The van der Waals surface area contributed by atoms with Crippen molar-refractivity contribution in [1.82, 2.24) is 13.9 Å². The molecule has 0 bridgehead atoms. The van der Waals surface area contributed by atoms with Crippen LogP contribution < -0.4 is 5.56 Å². The Labute approximate surface area is 160 Å². The van der Waals surface area contributed by atoms with E-state index in [0.29, 0.717) is 18.4 Å². The summed E-state index contributed by atoms with van der Waals surface area (Å²) in [5, 5.41) is 0.192. The number of nitrogens with zero attached hydrogens (tertiary/aromatic N) is 3. The molecule has 1 aromatic heterocycles. The Kier molecular flexibility index (Phi) is 4.72. The van der Waals surface area contributed by atoms with Gasteiger partial charge in [-0.05, 0) is 49.2 Å². The molecule has 28 heavy (non-hydrogen) atoms. The molecule has 0 unspecified atom stereocenters. The first-order chi connectivity index (χ1) is 13.4. The summed E-state index contributed by atoms with van der Waals surface area (Å²) in [6.45, 7) is 0.383. The minimum atomic E-state index is -3.80. The normalized spacial score (nSPS) is 16.5. The van der Waals surface area contributed by atoms with Gasteiger partial charge in [-0.3, -0.25) is 9.36 Å². The lowest BCUT2D eigenvalue weighted by molar-refractivity contribution is 0.269. The Morgan fingerprint density at radius 1 is 1.00 bits per heavy atom. The van der Waals surface area contributed by atoms with E-state index in [4.69, 9.17) is 0 Å². The number of aromatic nitrogens is 2. The van der Waals surface area contributed by atoms with Crippen LogP contribution in [0.3, 0.4) is 0 Å². The van der Waals surface area contributed by atoms with Gasteiger partial charge < -0.3 is 0 Å². The molecule has 1 aliphatic heterocycles. The number of piperidine rings is 1. The first-order valence-electron chi connectivity index (χ1n) is 8.78. The zero-order chi connectivity index (χ0) is 19.9. The van der Waals surface area contributed by atoms with Gasteiger partial charge in [0.15, 0.2) is 0 Å². The van der Waals surface area contributed by atoms with E-state index in [0.717, 1.165) is 12.1 Å². The Morgan fingerprint density at radius 2 is 1.71 bits per heavy atom. The van der Waals surface area contributed by atoms with Crippen molar-refractivity contribution in [1.29, 1.82) is 0 Å². The molecule has 9 heteroatoms. The molecule has 0 atom stereocenters. The van der Waals surface area contributed by atoms with E-state index in [1.807, 2.05) is 0 Å². The zero-order valence-corrected chi connectivity index (χ0v) is 15.6. The van der Waals surface area contributed by atoms with Gasteiger partial charge in [0, 0.05) is 19.1 Å². The first kappa shape index (κ1) is 18.7. The van der Waals surface area contributed by atoms with Crippen LogP contribution in [-0.2, 0) is 10.0 Å². The quantitative estimate of drug-likeness (QED) is 0.672. The Hall–Kier alpha value is -2.65. The van der Waals surface area contributed by atoms with Gasteiger partial charge in [-0.25, -0.2) is 22.2 Å². The van der Waals surface area contributed by atoms with Crippen LogP contribution in [0.5, 0.6) is 0 Å². The van der Waals surface area contributed by atoms with E-state index in [2.05, 4.69) is 4.98 Å². The van der Waals surface area contributed by atoms with E-state index in [1.165, 1.54) is 45.5 Å². The van der Waals surface area contributed by atoms with Crippen molar-refractivity contribution in [3.8, 4) is 0 Å². The fraction of sp³-hybridized carbons (Fsp3) is 0.263. The van der Waals surface area contributed by atoms with E-state index in [-0.39, 0.29) is 35.0 Å². The smallest absolute Gasteiger partial charge is 0.261 e. The largest absolute Gasteiger partial charge is 0.296 e. The summed E-state index contributed by atoms with van der Waals surface area (Å²) in [5.41, 5.74) is 0.0599. The van der Waals surface area contributed by atoms with Gasteiger partial charge in [-0.15, -0.1) is 0 Å². The van der Waals surface area contributed by atoms with Crippen LogP contribution in [-0.4, -0.2) is 35.4 Å². The monoisotopic (exact) mass is 405 g/mol. The fourth-order valence-electron chi connectivity index (χ4n) is 3.51. The van der Waals surface area contributed by atoms with Crippen molar-refractivity contribution in [2.45, 2.75) is 23.8 Å². The third kappa shape index (κ3) is 3.31. The van der Waals surface area contributed by atoms with Gasteiger partial charge in [0.25, 0.3) is 5.56 Å². The second-order valence-corrected chi connectivity index (χ2v) is 8.65. The number of fused-ring (bicyclic) bond motifs is 1. The van der Waals surface area contributed by atoms with E-state index >= 15 is 0 Å². The fourth-order valence-corrected chi connectivity index (χ4v) is 5.01. The summed E-state index contributed by atoms with van der Waals surface area (Å²) < 4.78 is 55.0. The van der Waals surface area contributed by atoms with E-state index < -0.39 is 21.7 Å². The number of benzene rings is 2. The highest BCUT2D eigenvalue weighted by Crippen LogP contribution is 2.26. The molecular formula is C19H17F2N3O3S. The lowest BCUT2D eigenvalue weighted by atomic mass is 10.1. The topological polar surface area (TPSA) is 72.3 Å². The molecule has 1 saturated heterocycles. The summed E-state index contributed by atoms with van der Waals surface area (Å²) in [4.78, 5) is 16.8. The SMILES string of the molecule is O=c1c2cc(F)ccc2ncn1C1CCN(S(=O)(=O)c2cccc(F)c2)CC1. The number of sulfonamides is 1. The predicted molar refractivity (Wildman–Crippen MR) is 99.4 cm³/mol. The minimum Gasteiger partial charge on any atom is -0.296 e. The van der Waals surface area contributed by atoms with Gasteiger partial charge in [0.05, 0.1) is 22.1 Å². The van der Waals surface area contributed by atoms with Crippen LogP contribution in [0.2, 0.25) is 0 Å². The minimum absolute atomic E-state index is 0.0917. The maximum absolute atomic E-state index is 13.5. The average molecular weight is 405 g/mol. The molecule has 0 aliphatic carbocycles. The van der Waals surface area contributed by atoms with Crippen LogP contribution in [0.15, 0.2) is 58.5 Å². The van der Waals surface area contributed by atoms with E-state index in [1.54, 1.807) is 0 Å². The summed E-state index contributed by atoms with van der Waals surface area (Å²) in [5.74, 6) is -1.13. The van der Waals surface area contributed by atoms with Crippen molar-refractivity contribution < 1.29 is 17.2 Å². The Bertz CT molecular complexity index is 1200. The molecular weight excluding hydrogens is 388 g/mol. The van der Waals surface area contributed by atoms with Crippen LogP contribution >= 0.6 is 0 Å². The van der Waals surface area contributed by atoms with Gasteiger partial charge in [-0.2, -0.15) is 4.31 Å². The second-order valence-electron chi connectivity index (χ2n) is 6.71. The molecule has 1 aliphatic rings. The highest BCUT2D eigenvalue weighted by molar-refractivity contribution is 7.89. The highest BCUT2D eigenvalue weighted by atomic mass is 32.2. The van der Waals surface area contributed by atoms with Crippen LogP contribution in [0, 0.1) is 11.6 Å². The van der Waals surface area contributed by atoms with Crippen molar-refractivity contribution in [2.24, 2.45) is 0 Å². The molecule has 2 heterocycles. The van der Waals surface area contributed by atoms with Crippen molar-refractivity contribution >= 4 is 20.9 Å². The van der Waals surface area contributed by atoms with Gasteiger partial charge in [-0.1, -0.05) is 6.07 Å². The third-order valence-corrected chi connectivity index (χ3v) is 6.89. The van der Waals surface area contributed by atoms with Gasteiger partial charge >= 0.3 is 0 Å². The zero-order valence-electron chi connectivity index (χ0n) is 14.8. The standard InChI is InChI=1S/C19H17F2N3O3S/c20-13-2-1-3-16(10-13)28(26,27)23-8-6-15(7-9-23)24-12-22-18-5-4-14(21)11-17(18)19(24)25/h1-5,10-12,15H,6-9H2.